The molecule has 0 aliphatic carbocycles. The second kappa shape index (κ2) is 32.9. The number of ether oxygens (including phenoxy) is 8. The van der Waals surface area contributed by atoms with Gasteiger partial charge in [-0.3, -0.25) is 9.80 Å². The molecule has 4 aromatic heterocycles. The number of halogens is 1. The lowest BCUT2D eigenvalue weighted by Gasteiger charge is -2.39. The molecule has 0 saturated carbocycles. The van der Waals surface area contributed by atoms with Crippen molar-refractivity contribution in [1.29, 1.82) is 0 Å². The molecular weight excluding hydrogens is 1360 g/mol. The summed E-state index contributed by atoms with van der Waals surface area (Å²) < 4.78 is 52.5. The van der Waals surface area contributed by atoms with E-state index in [9.17, 15) is 19.2 Å². The zero-order chi connectivity index (χ0) is 69.9. The highest BCUT2D eigenvalue weighted by molar-refractivity contribution is 14.1. The molecule has 526 valence electrons. The van der Waals surface area contributed by atoms with Gasteiger partial charge in [0.15, 0.2) is 11.3 Å². The molecule has 2 aliphatic heterocycles. The largest absolute Gasteiger partial charge is 0.458 e. The van der Waals surface area contributed by atoms with Crippen molar-refractivity contribution in [3.63, 3.8) is 0 Å². The molecule has 0 radical (unpaired) electrons. The van der Waals surface area contributed by atoms with Gasteiger partial charge < -0.3 is 47.7 Å². The van der Waals surface area contributed by atoms with E-state index in [4.69, 9.17) is 47.9 Å². The molecule has 2 aliphatic rings. The molecule has 2 amide bonds. The normalized spacial score (nSPS) is 18.1. The summed E-state index contributed by atoms with van der Waals surface area (Å²) in [5.74, 6) is 0.503. The van der Waals surface area contributed by atoms with Gasteiger partial charge in [0.1, 0.15) is 73.0 Å². The second-order valence-corrected chi connectivity index (χ2v) is 57.4. The highest BCUT2D eigenvalue weighted by Crippen LogP contribution is 2.37. The third-order valence-corrected chi connectivity index (χ3v) is 22.6. The molecular formula is C66H117IN10O12Si4. The van der Waals surface area contributed by atoms with Crippen molar-refractivity contribution in [1.82, 2.24) is 39.0 Å². The lowest BCUT2D eigenvalue weighted by atomic mass is 9.90. The van der Waals surface area contributed by atoms with E-state index in [1.807, 2.05) is 110 Å². The SMILES string of the molecule is CC(C)(C)OC(=O)[C@@H]1CC[C@H](c2cc(N(COCC[Si](C)(C)C)COCC[Si](C)(C)C)n3ncc(I)c3n2)CN1C(=O)OC(C)(C)C.CC(C)(C)OC(=O)[C@@H]1CC[C@H](c2cc(N(COCC[Si](C)(C)C)COCC[Si](C)(C)C)n3nccc3n2)CN1C(=O)OC(C)(C)C. The van der Waals surface area contributed by atoms with Gasteiger partial charge in [-0.1, -0.05) is 78.6 Å². The van der Waals surface area contributed by atoms with E-state index in [0.717, 1.165) is 56.4 Å². The second-order valence-electron chi connectivity index (χ2n) is 33.8. The fourth-order valence-electron chi connectivity index (χ4n) is 9.97. The standard InChI is InChI=1S/C33H58IN5O6Si2.C33H59N5O6Si2/c1-32(2,3)44-30(40)27-14-13-24(21-38(27)31(41)45-33(4,5)6)26-19-28(39-29(36-26)25(34)20-35-39)37(22-42-15-17-46(7,8)9)23-43-16-18-47(10,11)12;1-32(2,3)43-30(39)27-14-13-25(22-37(27)31(40)44-33(4,5)6)26-21-29(38-28(35-26)15-16-34-38)36(23-41-17-19-45(7,8)9)24-42-18-20-46(10,11)12/h19-20,24,27H,13-18,21-23H2,1-12H3;15-16,21,25,27H,13-14,17-20,22-24H2,1-12H3/t24-,27-;25-,27-/m00/s1. The van der Waals surface area contributed by atoms with Crippen LogP contribution >= 0.6 is 22.6 Å². The first-order valence-electron chi connectivity index (χ1n) is 33.3. The molecule has 0 bridgehead atoms. The van der Waals surface area contributed by atoms with Gasteiger partial charge in [0.25, 0.3) is 0 Å². The Bertz CT molecular complexity index is 3030. The Morgan fingerprint density at radius 2 is 0.839 bits per heavy atom. The van der Waals surface area contributed by atoms with E-state index in [0.29, 0.717) is 84.7 Å². The Kier molecular flexibility index (Phi) is 28.1. The fourth-order valence-corrected chi connectivity index (χ4v) is 13.5. The van der Waals surface area contributed by atoms with E-state index < -0.39 is 90.9 Å². The number of hydrogen-bond donors (Lipinski definition) is 0. The summed E-state index contributed by atoms with van der Waals surface area (Å²) in [6.07, 6.45) is 4.63. The number of fused-ring (bicyclic) bond motifs is 2. The predicted octanol–water partition coefficient (Wildman–Crippen LogP) is 14.6. The number of amides is 2. The van der Waals surface area contributed by atoms with Crippen molar-refractivity contribution in [2.75, 3.05) is 76.2 Å². The maximum Gasteiger partial charge on any atom is 0.411 e. The molecule has 22 nitrogen and oxygen atoms in total. The van der Waals surface area contributed by atoms with Crippen molar-refractivity contribution in [3.8, 4) is 0 Å². The molecule has 93 heavy (non-hydrogen) atoms. The number of piperidine rings is 2. The maximum absolute atomic E-state index is 13.5. The van der Waals surface area contributed by atoms with Crippen LogP contribution < -0.4 is 9.80 Å². The van der Waals surface area contributed by atoms with Gasteiger partial charge >= 0.3 is 24.1 Å². The van der Waals surface area contributed by atoms with Gasteiger partial charge in [-0.2, -0.15) is 19.2 Å². The summed E-state index contributed by atoms with van der Waals surface area (Å²) in [5.41, 5.74) is 0.275. The lowest BCUT2D eigenvalue weighted by Crippen LogP contribution is -2.53. The first-order valence-corrected chi connectivity index (χ1v) is 49.2. The van der Waals surface area contributed by atoms with Crippen molar-refractivity contribution < 1.29 is 57.1 Å². The van der Waals surface area contributed by atoms with E-state index in [1.165, 1.54) is 9.80 Å². The topological polar surface area (TPSA) is 215 Å². The van der Waals surface area contributed by atoms with Crippen LogP contribution in [-0.4, -0.2) is 196 Å². The number of carbonyl (C=O) groups is 4. The monoisotopic (exact) mass is 1480 g/mol. The van der Waals surface area contributed by atoms with E-state index in [-0.39, 0.29) is 24.9 Å². The Labute approximate surface area is 574 Å². The smallest absolute Gasteiger partial charge is 0.411 e. The van der Waals surface area contributed by atoms with Gasteiger partial charge in [-0.25, -0.2) is 29.1 Å². The van der Waals surface area contributed by atoms with Crippen molar-refractivity contribution in [3.05, 3.63) is 45.6 Å². The van der Waals surface area contributed by atoms with Gasteiger partial charge in [0.05, 0.1) is 27.4 Å². The quantitative estimate of drug-likeness (QED) is 0.0143. The number of carbonyl (C=O) groups excluding carboxylic acids is 4. The van der Waals surface area contributed by atoms with E-state index >= 15 is 0 Å². The summed E-state index contributed by atoms with van der Waals surface area (Å²) in [5, 5.41) is 9.26. The first-order chi connectivity index (χ1) is 42.6. The van der Waals surface area contributed by atoms with E-state index in [2.05, 4.69) is 121 Å². The van der Waals surface area contributed by atoms with Crippen molar-refractivity contribution in [2.45, 2.75) is 258 Å². The Morgan fingerprint density at radius 1 is 0.495 bits per heavy atom. The zero-order valence-electron chi connectivity index (χ0n) is 61.2. The number of esters is 2. The molecule has 6 heterocycles. The number of likely N-dealkylation sites (tertiary alicyclic amines) is 2. The van der Waals surface area contributed by atoms with Crippen molar-refractivity contribution >= 4 is 102 Å². The highest BCUT2D eigenvalue weighted by atomic mass is 127. The van der Waals surface area contributed by atoms with Crippen LogP contribution in [0.15, 0.2) is 30.6 Å². The summed E-state index contributed by atoms with van der Waals surface area (Å²) in [6, 6.07) is 8.72. The van der Waals surface area contributed by atoms with Gasteiger partial charge in [-0.05, 0) is 156 Å². The summed E-state index contributed by atoms with van der Waals surface area (Å²) in [7, 11) is -5.04. The van der Waals surface area contributed by atoms with Crippen LogP contribution in [0.5, 0.6) is 0 Å². The van der Waals surface area contributed by atoms with E-state index in [1.54, 1.807) is 12.4 Å². The fraction of sp³-hybridized carbons (Fsp3) is 0.758. The maximum atomic E-state index is 13.5. The van der Waals surface area contributed by atoms with Crippen molar-refractivity contribution in [2.24, 2.45) is 0 Å². The molecule has 2 saturated heterocycles. The average Bonchev–Trinajstić information content (AvgIpc) is 1.77. The molecule has 27 heteroatoms. The lowest BCUT2D eigenvalue weighted by molar-refractivity contribution is -0.163. The number of rotatable bonds is 26. The van der Waals surface area contributed by atoms with Crippen LogP contribution in [0.4, 0.5) is 21.2 Å². The first kappa shape index (κ1) is 79.4. The predicted molar refractivity (Wildman–Crippen MR) is 389 cm³/mol. The number of hydrogen-bond acceptors (Lipinski definition) is 18. The number of anilines is 2. The molecule has 0 aromatic carbocycles. The highest BCUT2D eigenvalue weighted by Gasteiger charge is 2.43. The Balaban J connectivity index is 0.000000337. The molecule has 2 fully saturated rings. The molecule has 4 aromatic rings. The number of aromatic nitrogens is 6. The van der Waals surface area contributed by atoms with Crippen LogP contribution in [0.1, 0.15) is 132 Å². The average molecular weight is 1480 g/mol. The molecule has 0 N–H and O–H groups in total. The molecule has 4 atom stereocenters. The zero-order valence-corrected chi connectivity index (χ0v) is 67.3. The third-order valence-electron chi connectivity index (χ3n) is 15.0. The summed E-state index contributed by atoms with van der Waals surface area (Å²) >= 11 is 2.26. The minimum Gasteiger partial charge on any atom is -0.458 e. The van der Waals surface area contributed by atoms with Crippen LogP contribution in [-0.2, 0) is 47.5 Å². The minimum atomic E-state index is -1.26. The van der Waals surface area contributed by atoms with Crippen LogP contribution in [0.3, 0.4) is 0 Å². The minimum absolute atomic E-state index is 0.132. The van der Waals surface area contributed by atoms with Crippen LogP contribution in [0, 0.1) is 3.57 Å². The van der Waals surface area contributed by atoms with Gasteiger partial charge in [0, 0.05) is 102 Å². The van der Waals surface area contributed by atoms with Crippen LogP contribution in [0.2, 0.25) is 103 Å². The Hall–Kier alpha value is -4.24. The van der Waals surface area contributed by atoms with Gasteiger partial charge in [-0.15, -0.1) is 0 Å². The van der Waals surface area contributed by atoms with Crippen LogP contribution in [0.25, 0.3) is 11.3 Å². The summed E-state index contributed by atoms with van der Waals surface area (Å²) in [4.78, 5) is 70.8. The molecule has 0 spiro atoms. The molecule has 0 unspecified atom stereocenters. The Morgan fingerprint density at radius 3 is 1.18 bits per heavy atom. The molecule has 6 rings (SSSR count). The number of nitrogens with zero attached hydrogens (tertiary/aromatic N) is 10. The van der Waals surface area contributed by atoms with Gasteiger partial charge in [0.2, 0.25) is 0 Å². The third kappa shape index (κ3) is 27.7. The summed E-state index contributed by atoms with van der Waals surface area (Å²) in [6.45, 7) is 54.7.